The van der Waals surface area contributed by atoms with Crippen LogP contribution in [0.5, 0.6) is 0 Å². The van der Waals surface area contributed by atoms with E-state index in [9.17, 15) is 5.11 Å². The minimum Gasteiger partial charge on any atom is -0.393 e. The Morgan fingerprint density at radius 2 is 1.86 bits per heavy atom. The summed E-state index contributed by atoms with van der Waals surface area (Å²) in [6, 6.07) is 0. The molecule has 3 heteroatoms. The maximum Gasteiger partial charge on any atom is 0.0543 e. The highest BCUT2D eigenvalue weighted by Gasteiger charge is 2.55. The molecule has 1 heterocycles. The van der Waals surface area contributed by atoms with Gasteiger partial charge in [0.15, 0.2) is 0 Å². The number of aliphatic hydroxyl groups excluding tert-OH is 1. The second-order valence-electron chi connectivity index (χ2n) is 11.7. The van der Waals surface area contributed by atoms with E-state index in [4.69, 9.17) is 0 Å². The van der Waals surface area contributed by atoms with Gasteiger partial charge in [0, 0.05) is 31.1 Å². The first-order valence-corrected chi connectivity index (χ1v) is 13.8. The predicted octanol–water partition coefficient (Wildman–Crippen LogP) is 5.76. The molecule has 4 fully saturated rings. The molecule has 0 amide bonds. The molecule has 1 saturated heterocycles. The van der Waals surface area contributed by atoms with E-state index in [2.05, 4.69) is 37.4 Å². The van der Waals surface area contributed by atoms with Gasteiger partial charge in [-0.25, -0.2) is 0 Å². The van der Waals surface area contributed by atoms with Crippen LogP contribution in [0.1, 0.15) is 78.6 Å². The lowest BCUT2D eigenvalue weighted by Gasteiger charge is -2.56. The molecule has 2 nitrogen and oxygen atoms in total. The monoisotopic (exact) mass is 417 g/mol. The Kier molecular flexibility index (Phi) is 5.66. The summed E-state index contributed by atoms with van der Waals surface area (Å²) in [5.74, 6) is 5.97. The summed E-state index contributed by atoms with van der Waals surface area (Å²) in [6.07, 6.45) is 11.7. The Bertz CT molecular complexity index is 655. The van der Waals surface area contributed by atoms with E-state index in [1.165, 1.54) is 76.1 Å². The van der Waals surface area contributed by atoms with Crippen LogP contribution in [0, 0.1) is 34.5 Å². The van der Waals surface area contributed by atoms with Gasteiger partial charge in [-0.2, -0.15) is 11.8 Å². The Labute approximate surface area is 183 Å². The van der Waals surface area contributed by atoms with Crippen molar-refractivity contribution < 1.29 is 5.11 Å². The number of allylic oxidation sites excluding steroid dienone is 2. The molecule has 4 aliphatic carbocycles. The highest BCUT2D eigenvalue weighted by atomic mass is 32.2. The Hall–Kier alpha value is 0.01000. The fraction of sp³-hybridized carbons (Fsp3) is 0.923. The van der Waals surface area contributed by atoms with Gasteiger partial charge in [-0.15, -0.1) is 0 Å². The highest BCUT2D eigenvalue weighted by Crippen LogP contribution is 2.65. The average molecular weight is 418 g/mol. The number of hydrogen-bond donors (Lipinski definition) is 1. The van der Waals surface area contributed by atoms with Crippen LogP contribution in [-0.2, 0) is 0 Å². The van der Waals surface area contributed by atoms with E-state index in [0.717, 1.165) is 36.5 Å². The van der Waals surface area contributed by atoms with E-state index in [1.807, 2.05) is 11.1 Å². The average Bonchev–Trinajstić information content (AvgIpc) is 3.06. The summed E-state index contributed by atoms with van der Waals surface area (Å²) in [5, 5.41) is 10.3. The molecule has 1 N–H and O–H groups in total. The molecule has 29 heavy (non-hydrogen) atoms. The molecule has 5 aliphatic rings. The molecule has 1 aliphatic heterocycles. The van der Waals surface area contributed by atoms with Crippen LogP contribution in [0.15, 0.2) is 11.1 Å². The fourth-order valence-corrected chi connectivity index (χ4v) is 9.72. The van der Waals surface area contributed by atoms with Crippen LogP contribution >= 0.6 is 11.8 Å². The van der Waals surface area contributed by atoms with Gasteiger partial charge < -0.3 is 10.0 Å². The summed E-state index contributed by atoms with van der Waals surface area (Å²) < 4.78 is 0. The Balaban J connectivity index is 1.37. The normalized spacial score (nSPS) is 46.8. The smallest absolute Gasteiger partial charge is 0.0543 e. The number of rotatable bonds is 3. The van der Waals surface area contributed by atoms with Crippen molar-refractivity contribution in [2.24, 2.45) is 34.5 Å². The first kappa shape index (κ1) is 20.9. The van der Waals surface area contributed by atoms with E-state index in [-0.39, 0.29) is 6.10 Å². The van der Waals surface area contributed by atoms with Gasteiger partial charge in [0.25, 0.3) is 0 Å². The Morgan fingerprint density at radius 3 is 2.66 bits per heavy atom. The van der Waals surface area contributed by atoms with Gasteiger partial charge in [-0.05, 0) is 92.3 Å². The van der Waals surface area contributed by atoms with Crippen LogP contribution in [0.3, 0.4) is 0 Å². The third-order valence-corrected chi connectivity index (χ3v) is 11.3. The molecular weight excluding hydrogens is 374 g/mol. The van der Waals surface area contributed by atoms with E-state index < -0.39 is 0 Å². The minimum absolute atomic E-state index is 0.0268. The maximum absolute atomic E-state index is 10.3. The zero-order valence-corrected chi connectivity index (χ0v) is 19.9. The second-order valence-corrected chi connectivity index (χ2v) is 12.9. The lowest BCUT2D eigenvalue weighted by atomic mass is 9.49. The van der Waals surface area contributed by atoms with Gasteiger partial charge in [0.05, 0.1) is 6.10 Å². The highest BCUT2D eigenvalue weighted by molar-refractivity contribution is 7.99. The zero-order chi connectivity index (χ0) is 20.2. The summed E-state index contributed by atoms with van der Waals surface area (Å²) in [5.41, 5.74) is 4.78. The van der Waals surface area contributed by atoms with Crippen molar-refractivity contribution in [2.45, 2.75) is 84.7 Å². The van der Waals surface area contributed by atoms with Crippen molar-refractivity contribution in [2.75, 3.05) is 31.1 Å². The molecule has 0 spiro atoms. The molecule has 164 valence electrons. The molecule has 0 radical (unpaired) electrons. The van der Waals surface area contributed by atoms with Crippen molar-refractivity contribution in [1.29, 1.82) is 0 Å². The van der Waals surface area contributed by atoms with Crippen LogP contribution in [0.4, 0.5) is 0 Å². The third kappa shape index (κ3) is 3.46. The van der Waals surface area contributed by atoms with Crippen LogP contribution in [0.25, 0.3) is 0 Å². The Morgan fingerprint density at radius 1 is 1.07 bits per heavy atom. The predicted molar refractivity (Wildman–Crippen MR) is 124 cm³/mol. The third-order valence-electron chi connectivity index (χ3n) is 10.4. The molecule has 0 aromatic heterocycles. The van der Waals surface area contributed by atoms with E-state index in [0.29, 0.717) is 10.8 Å². The number of thioether (sulfide) groups is 1. The molecule has 5 rings (SSSR count). The first-order valence-electron chi connectivity index (χ1n) is 12.6. The lowest BCUT2D eigenvalue weighted by molar-refractivity contribution is -0.0383. The van der Waals surface area contributed by atoms with Crippen molar-refractivity contribution in [1.82, 2.24) is 4.90 Å². The molecule has 0 aromatic carbocycles. The first-order chi connectivity index (χ1) is 13.9. The molecule has 7 atom stereocenters. The molecule has 0 bridgehead atoms. The minimum atomic E-state index is -0.0268. The van der Waals surface area contributed by atoms with Crippen LogP contribution in [0.2, 0.25) is 0 Å². The molecule has 0 aromatic rings. The number of hydrogen-bond acceptors (Lipinski definition) is 3. The maximum atomic E-state index is 10.3. The molecule has 2 unspecified atom stereocenters. The molecule has 3 saturated carbocycles. The summed E-state index contributed by atoms with van der Waals surface area (Å²) in [4.78, 5) is 2.75. The lowest BCUT2D eigenvalue weighted by Crippen LogP contribution is -2.48. The number of aliphatic hydroxyl groups is 1. The van der Waals surface area contributed by atoms with Crippen LogP contribution < -0.4 is 0 Å². The van der Waals surface area contributed by atoms with E-state index in [1.54, 1.807) is 0 Å². The number of nitrogens with zero attached hydrogens (tertiary/aromatic N) is 1. The quantitative estimate of drug-likeness (QED) is 0.591. The van der Waals surface area contributed by atoms with Crippen molar-refractivity contribution in [3.05, 3.63) is 11.1 Å². The topological polar surface area (TPSA) is 23.5 Å². The van der Waals surface area contributed by atoms with Gasteiger partial charge in [-0.3, -0.25) is 0 Å². The van der Waals surface area contributed by atoms with Gasteiger partial charge >= 0.3 is 0 Å². The molecular formula is C26H43NOS. The summed E-state index contributed by atoms with van der Waals surface area (Å²) in [7, 11) is 0. The van der Waals surface area contributed by atoms with Gasteiger partial charge in [0.2, 0.25) is 0 Å². The van der Waals surface area contributed by atoms with Crippen LogP contribution in [-0.4, -0.2) is 47.3 Å². The number of fused-ring (bicyclic) bond motifs is 4. The van der Waals surface area contributed by atoms with Crippen molar-refractivity contribution >= 4 is 11.8 Å². The van der Waals surface area contributed by atoms with Crippen molar-refractivity contribution in [3.8, 4) is 0 Å². The van der Waals surface area contributed by atoms with Gasteiger partial charge in [-0.1, -0.05) is 31.9 Å². The van der Waals surface area contributed by atoms with Crippen molar-refractivity contribution in [3.63, 3.8) is 0 Å². The SMILES string of the molecule is C[C@H](CN1CCSCC1)[C@H]1CCC2=C3CCC4CC(O)CC[C@]4(C)[C@H]3CC[C@@]21C. The van der Waals surface area contributed by atoms with Gasteiger partial charge in [0.1, 0.15) is 0 Å². The summed E-state index contributed by atoms with van der Waals surface area (Å²) in [6.45, 7) is 11.8. The van der Waals surface area contributed by atoms with E-state index >= 15 is 0 Å². The summed E-state index contributed by atoms with van der Waals surface area (Å²) >= 11 is 2.13. The standard InChI is InChI=1S/C26H43NOS/c1-18(17-27-12-14-29-15-13-27)22-6-7-23-21-5-4-19-16-20(28)8-10-25(19,2)24(21)9-11-26(22,23)3/h18-20,22,24,28H,4-17H2,1-3H3/t18-,19?,20?,22-,24+,25+,26-/m1/s1. The second kappa shape index (κ2) is 7.85. The largest absolute Gasteiger partial charge is 0.393 e. The fourth-order valence-electron chi connectivity index (χ4n) is 8.74. The zero-order valence-electron chi connectivity index (χ0n) is 19.1.